The van der Waals surface area contributed by atoms with Crippen LogP contribution >= 0.6 is 0 Å². The normalized spacial score (nSPS) is 9.83. The SMILES string of the molecule is N#Cc1cc(Oc2ccc(CO)cc2F)ccn1. The summed E-state index contributed by atoms with van der Waals surface area (Å²) >= 11 is 0. The zero-order valence-electron chi connectivity index (χ0n) is 9.30. The van der Waals surface area contributed by atoms with Crippen LogP contribution in [0.15, 0.2) is 36.5 Å². The van der Waals surface area contributed by atoms with Crippen LogP contribution in [0.25, 0.3) is 0 Å². The molecule has 0 aliphatic carbocycles. The van der Waals surface area contributed by atoms with Crippen molar-refractivity contribution in [2.45, 2.75) is 6.61 Å². The molecular formula is C13H9FN2O2. The monoisotopic (exact) mass is 244 g/mol. The van der Waals surface area contributed by atoms with Gasteiger partial charge in [-0.15, -0.1) is 0 Å². The molecule has 0 saturated carbocycles. The number of pyridine rings is 1. The fraction of sp³-hybridized carbons (Fsp3) is 0.0769. The molecule has 0 aliphatic heterocycles. The molecule has 0 aliphatic rings. The minimum absolute atomic E-state index is 0.0299. The first-order valence-electron chi connectivity index (χ1n) is 5.16. The van der Waals surface area contributed by atoms with Crippen molar-refractivity contribution in [3.8, 4) is 17.6 Å². The molecule has 0 bridgehead atoms. The van der Waals surface area contributed by atoms with Gasteiger partial charge in [-0.2, -0.15) is 5.26 Å². The molecule has 0 fully saturated rings. The van der Waals surface area contributed by atoms with Gasteiger partial charge < -0.3 is 9.84 Å². The van der Waals surface area contributed by atoms with Crippen LogP contribution in [0.4, 0.5) is 4.39 Å². The van der Waals surface area contributed by atoms with Crippen LogP contribution in [0.5, 0.6) is 11.5 Å². The first-order valence-corrected chi connectivity index (χ1v) is 5.16. The average Bonchev–Trinajstić information content (AvgIpc) is 2.41. The molecule has 0 saturated heterocycles. The molecule has 90 valence electrons. The molecule has 4 nitrogen and oxygen atoms in total. The van der Waals surface area contributed by atoms with Crippen LogP contribution in [0.2, 0.25) is 0 Å². The van der Waals surface area contributed by atoms with E-state index in [0.29, 0.717) is 11.3 Å². The van der Waals surface area contributed by atoms with E-state index in [-0.39, 0.29) is 18.1 Å². The Morgan fingerprint density at radius 1 is 1.33 bits per heavy atom. The van der Waals surface area contributed by atoms with E-state index < -0.39 is 5.82 Å². The Balaban J connectivity index is 2.26. The maximum absolute atomic E-state index is 13.6. The van der Waals surface area contributed by atoms with Crippen LogP contribution in [0.3, 0.4) is 0 Å². The molecular weight excluding hydrogens is 235 g/mol. The highest BCUT2D eigenvalue weighted by atomic mass is 19.1. The van der Waals surface area contributed by atoms with Gasteiger partial charge >= 0.3 is 0 Å². The molecule has 1 aromatic carbocycles. The number of nitriles is 1. The molecule has 18 heavy (non-hydrogen) atoms. The van der Waals surface area contributed by atoms with Crippen molar-refractivity contribution >= 4 is 0 Å². The van der Waals surface area contributed by atoms with Gasteiger partial charge in [0.05, 0.1) is 6.61 Å². The van der Waals surface area contributed by atoms with E-state index in [2.05, 4.69) is 4.98 Å². The topological polar surface area (TPSA) is 66.1 Å². The number of rotatable bonds is 3. The second-order valence-corrected chi connectivity index (χ2v) is 3.51. The number of ether oxygens (including phenoxy) is 1. The molecule has 1 N–H and O–H groups in total. The van der Waals surface area contributed by atoms with Crippen molar-refractivity contribution in [1.82, 2.24) is 4.98 Å². The summed E-state index contributed by atoms with van der Waals surface area (Å²) in [5, 5.41) is 17.5. The number of benzene rings is 1. The summed E-state index contributed by atoms with van der Waals surface area (Å²) in [6.45, 7) is -0.231. The van der Waals surface area contributed by atoms with E-state index in [4.69, 9.17) is 15.1 Å². The van der Waals surface area contributed by atoms with E-state index in [1.807, 2.05) is 6.07 Å². The van der Waals surface area contributed by atoms with Crippen molar-refractivity contribution < 1.29 is 14.2 Å². The lowest BCUT2D eigenvalue weighted by Gasteiger charge is -2.07. The van der Waals surface area contributed by atoms with Gasteiger partial charge in [0.25, 0.3) is 0 Å². The summed E-state index contributed by atoms with van der Waals surface area (Å²) in [7, 11) is 0. The van der Waals surface area contributed by atoms with Gasteiger partial charge in [-0.05, 0) is 23.8 Å². The molecule has 5 heteroatoms. The lowest BCUT2D eigenvalue weighted by molar-refractivity contribution is 0.281. The Bertz CT molecular complexity index is 608. The molecule has 1 heterocycles. The predicted molar refractivity (Wildman–Crippen MR) is 61.3 cm³/mol. The van der Waals surface area contributed by atoms with Crippen molar-refractivity contribution in [1.29, 1.82) is 5.26 Å². The number of hydrogen-bond acceptors (Lipinski definition) is 4. The molecule has 1 aromatic heterocycles. The first kappa shape index (κ1) is 12.0. The number of halogens is 1. The summed E-state index contributed by atoms with van der Waals surface area (Å²) in [5.74, 6) is -0.212. The highest BCUT2D eigenvalue weighted by Gasteiger charge is 2.06. The summed E-state index contributed by atoms with van der Waals surface area (Å²) in [4.78, 5) is 3.78. The minimum Gasteiger partial charge on any atom is -0.454 e. The molecule has 0 amide bonds. The maximum atomic E-state index is 13.6. The van der Waals surface area contributed by atoms with Crippen LogP contribution in [0.1, 0.15) is 11.3 Å². The van der Waals surface area contributed by atoms with Gasteiger partial charge in [0.1, 0.15) is 17.5 Å². The third kappa shape index (κ3) is 2.62. The van der Waals surface area contributed by atoms with E-state index in [0.717, 1.165) is 0 Å². The molecule has 0 spiro atoms. The quantitative estimate of drug-likeness (QED) is 0.900. The van der Waals surface area contributed by atoms with E-state index in [1.54, 1.807) is 6.07 Å². The molecule has 2 aromatic rings. The third-order valence-corrected chi connectivity index (χ3v) is 2.25. The molecule has 0 radical (unpaired) electrons. The number of aliphatic hydroxyl groups is 1. The van der Waals surface area contributed by atoms with Gasteiger partial charge in [0.2, 0.25) is 0 Å². The molecule has 2 rings (SSSR count). The van der Waals surface area contributed by atoms with Crippen molar-refractivity contribution in [3.05, 3.63) is 53.6 Å². The summed E-state index contributed by atoms with van der Waals surface area (Å²) in [5.41, 5.74) is 0.659. The molecule has 0 unspecified atom stereocenters. The highest BCUT2D eigenvalue weighted by molar-refractivity contribution is 5.36. The molecule has 0 atom stereocenters. The van der Waals surface area contributed by atoms with E-state index >= 15 is 0 Å². The summed E-state index contributed by atoms with van der Waals surface area (Å²) < 4.78 is 18.9. The average molecular weight is 244 g/mol. The second-order valence-electron chi connectivity index (χ2n) is 3.51. The Labute approximate surface area is 103 Å². The van der Waals surface area contributed by atoms with Gasteiger partial charge in [0, 0.05) is 12.3 Å². The number of hydrogen-bond donors (Lipinski definition) is 1. The second kappa shape index (κ2) is 5.25. The zero-order valence-corrected chi connectivity index (χ0v) is 9.30. The van der Waals surface area contributed by atoms with Crippen LogP contribution in [-0.4, -0.2) is 10.1 Å². The fourth-order valence-electron chi connectivity index (χ4n) is 1.39. The third-order valence-electron chi connectivity index (χ3n) is 2.25. The van der Waals surface area contributed by atoms with E-state index in [9.17, 15) is 4.39 Å². The van der Waals surface area contributed by atoms with Crippen LogP contribution < -0.4 is 4.74 Å². The smallest absolute Gasteiger partial charge is 0.166 e. The summed E-state index contributed by atoms with van der Waals surface area (Å²) in [6, 6.07) is 8.99. The van der Waals surface area contributed by atoms with Crippen molar-refractivity contribution in [3.63, 3.8) is 0 Å². The summed E-state index contributed by atoms with van der Waals surface area (Å²) in [6.07, 6.45) is 1.41. The lowest BCUT2D eigenvalue weighted by Crippen LogP contribution is -1.92. The van der Waals surface area contributed by atoms with Gasteiger partial charge in [0.15, 0.2) is 11.6 Å². The van der Waals surface area contributed by atoms with Crippen molar-refractivity contribution in [2.24, 2.45) is 0 Å². The minimum atomic E-state index is -0.572. The van der Waals surface area contributed by atoms with Crippen LogP contribution in [-0.2, 0) is 6.61 Å². The first-order chi connectivity index (χ1) is 8.72. The zero-order chi connectivity index (χ0) is 13.0. The predicted octanol–water partition coefficient (Wildman–Crippen LogP) is 2.38. The number of aliphatic hydroxyl groups excluding tert-OH is 1. The van der Waals surface area contributed by atoms with Gasteiger partial charge in [-0.3, -0.25) is 0 Å². The Hall–Kier alpha value is -2.45. The standard InChI is InChI=1S/C13H9FN2O2/c14-12-5-9(8-17)1-2-13(12)18-11-3-4-16-10(6-11)7-15/h1-6,17H,8H2. The Morgan fingerprint density at radius 2 is 2.17 bits per heavy atom. The van der Waals surface area contributed by atoms with Gasteiger partial charge in [-0.1, -0.05) is 6.07 Å². The largest absolute Gasteiger partial charge is 0.454 e. The Kier molecular flexibility index (Phi) is 3.51. The number of nitrogens with zero attached hydrogens (tertiary/aromatic N) is 2. The highest BCUT2D eigenvalue weighted by Crippen LogP contribution is 2.25. The Morgan fingerprint density at radius 3 is 2.83 bits per heavy atom. The number of aromatic nitrogens is 1. The van der Waals surface area contributed by atoms with E-state index in [1.165, 1.54) is 30.5 Å². The van der Waals surface area contributed by atoms with Gasteiger partial charge in [-0.25, -0.2) is 9.37 Å². The van der Waals surface area contributed by atoms with Crippen molar-refractivity contribution in [2.75, 3.05) is 0 Å². The van der Waals surface area contributed by atoms with Crippen LogP contribution in [0, 0.1) is 17.1 Å². The fourth-order valence-corrected chi connectivity index (χ4v) is 1.39. The lowest BCUT2D eigenvalue weighted by atomic mass is 10.2. The maximum Gasteiger partial charge on any atom is 0.166 e.